The van der Waals surface area contributed by atoms with Gasteiger partial charge in [0.2, 0.25) is 11.8 Å². The van der Waals surface area contributed by atoms with Crippen molar-refractivity contribution >= 4 is 0 Å². The van der Waals surface area contributed by atoms with E-state index in [-0.39, 0.29) is 5.88 Å². The molecule has 0 aliphatic carbocycles. The van der Waals surface area contributed by atoms with E-state index in [4.69, 9.17) is 15.2 Å². The van der Waals surface area contributed by atoms with Gasteiger partial charge < -0.3 is 15.2 Å². The summed E-state index contributed by atoms with van der Waals surface area (Å²) in [5, 5.41) is 17.4. The fraction of sp³-hybridized carbons (Fsp3) is 0.111. The minimum atomic E-state index is -0.484. The Morgan fingerprint density at radius 3 is 2.52 bits per heavy atom. The van der Waals surface area contributed by atoms with Gasteiger partial charge in [-0.25, -0.2) is 0 Å². The molecule has 4 aromatic rings. The number of nitrogens with one attached hydrogen (secondary N) is 1. The summed E-state index contributed by atoms with van der Waals surface area (Å²) in [5.41, 5.74) is 12.0. The Balaban J connectivity index is 1.60. The molecule has 0 fully saturated rings. The van der Waals surface area contributed by atoms with Crippen molar-refractivity contribution < 1.29 is 9.47 Å². The van der Waals surface area contributed by atoms with E-state index in [2.05, 4.69) is 35.3 Å². The standard InChI is InChI=1S/C27H22N4O2/c1-17-11-13-18(14-12-17)16-32-22-10-6-5-9-20(22)23-21(15-28)26(29)33-27-24(23)25(30-31-27)19-7-3-2-4-8-19/h2-14,23H,16,29H2,1H3,(H,30,31)/t23-/m1/s1. The molecule has 0 amide bonds. The minimum Gasteiger partial charge on any atom is -0.489 e. The van der Waals surface area contributed by atoms with Crippen LogP contribution in [0.1, 0.15) is 28.2 Å². The predicted octanol–water partition coefficient (Wildman–Crippen LogP) is 5.18. The normalized spacial score (nSPS) is 14.8. The monoisotopic (exact) mass is 434 g/mol. The van der Waals surface area contributed by atoms with Crippen LogP contribution in [-0.2, 0) is 6.61 Å². The van der Waals surface area contributed by atoms with Crippen LogP contribution in [0, 0.1) is 18.3 Å². The van der Waals surface area contributed by atoms with Gasteiger partial charge in [0, 0.05) is 5.56 Å². The van der Waals surface area contributed by atoms with Crippen molar-refractivity contribution in [2.75, 3.05) is 0 Å². The van der Waals surface area contributed by atoms with E-state index in [1.807, 2.05) is 66.7 Å². The van der Waals surface area contributed by atoms with Crippen LogP contribution < -0.4 is 15.2 Å². The molecule has 0 unspecified atom stereocenters. The summed E-state index contributed by atoms with van der Waals surface area (Å²) in [4.78, 5) is 0. The molecule has 0 saturated carbocycles. The average molecular weight is 434 g/mol. The predicted molar refractivity (Wildman–Crippen MR) is 125 cm³/mol. The zero-order valence-corrected chi connectivity index (χ0v) is 18.1. The van der Waals surface area contributed by atoms with Crippen LogP contribution >= 0.6 is 0 Å². The second kappa shape index (κ2) is 8.56. The van der Waals surface area contributed by atoms with Gasteiger partial charge in [0.15, 0.2) is 0 Å². The first-order valence-electron chi connectivity index (χ1n) is 10.6. The van der Waals surface area contributed by atoms with Crippen LogP contribution in [0.2, 0.25) is 0 Å². The van der Waals surface area contributed by atoms with E-state index in [1.54, 1.807) is 0 Å². The van der Waals surface area contributed by atoms with Crippen LogP contribution in [0.15, 0.2) is 90.3 Å². The summed E-state index contributed by atoms with van der Waals surface area (Å²) in [6.07, 6.45) is 0. The Morgan fingerprint density at radius 2 is 1.76 bits per heavy atom. The average Bonchev–Trinajstić information content (AvgIpc) is 3.27. The second-order valence-corrected chi connectivity index (χ2v) is 7.92. The van der Waals surface area contributed by atoms with Gasteiger partial charge >= 0.3 is 0 Å². The SMILES string of the molecule is Cc1ccc(COc2ccccc2[C@@H]2C(C#N)=C(N)Oc3n[nH]c(-c4ccccc4)c32)cc1. The summed E-state index contributed by atoms with van der Waals surface area (Å²) >= 11 is 0. The topological polar surface area (TPSA) is 96.9 Å². The molecule has 1 aliphatic heterocycles. The number of hydrogen-bond donors (Lipinski definition) is 2. The number of fused-ring (bicyclic) bond motifs is 1. The van der Waals surface area contributed by atoms with Crippen LogP contribution in [0.5, 0.6) is 11.6 Å². The Bertz CT molecular complexity index is 1370. The summed E-state index contributed by atoms with van der Waals surface area (Å²) in [7, 11) is 0. The summed E-state index contributed by atoms with van der Waals surface area (Å²) in [6, 6.07) is 28.0. The molecule has 2 heterocycles. The summed E-state index contributed by atoms with van der Waals surface area (Å²) < 4.78 is 12.0. The third-order valence-corrected chi connectivity index (χ3v) is 5.75. The highest BCUT2D eigenvalue weighted by Crippen LogP contribution is 2.47. The van der Waals surface area contributed by atoms with Gasteiger partial charge in [-0.15, -0.1) is 5.10 Å². The Morgan fingerprint density at radius 1 is 1.03 bits per heavy atom. The quantitative estimate of drug-likeness (QED) is 0.451. The van der Waals surface area contributed by atoms with Gasteiger partial charge in [-0.3, -0.25) is 5.10 Å². The van der Waals surface area contributed by atoms with Crippen molar-refractivity contribution in [3.63, 3.8) is 0 Å². The van der Waals surface area contributed by atoms with Crippen LogP contribution in [0.4, 0.5) is 0 Å². The number of hydrogen-bond acceptors (Lipinski definition) is 5. The third-order valence-electron chi connectivity index (χ3n) is 5.75. The maximum absolute atomic E-state index is 10.0. The number of H-pyrrole nitrogens is 1. The smallest absolute Gasteiger partial charge is 0.244 e. The van der Waals surface area contributed by atoms with E-state index in [0.717, 1.165) is 27.9 Å². The lowest BCUT2D eigenvalue weighted by Crippen LogP contribution is -2.21. The molecular weight excluding hydrogens is 412 g/mol. The minimum absolute atomic E-state index is 0.0504. The number of allylic oxidation sites excluding steroid dienone is 1. The lowest BCUT2D eigenvalue weighted by molar-refractivity contribution is 0.301. The number of benzene rings is 3. The molecule has 0 bridgehead atoms. The number of nitrogens with two attached hydrogens (primary N) is 1. The van der Waals surface area contributed by atoms with Gasteiger partial charge in [-0.2, -0.15) is 5.26 Å². The fourth-order valence-electron chi connectivity index (χ4n) is 4.08. The van der Waals surface area contributed by atoms with Crippen molar-refractivity contribution in [3.8, 4) is 29.0 Å². The molecule has 0 spiro atoms. The molecule has 162 valence electrons. The molecule has 1 aromatic heterocycles. The van der Waals surface area contributed by atoms with Gasteiger partial charge in [0.1, 0.15) is 24.0 Å². The first-order chi connectivity index (χ1) is 16.2. The summed E-state index contributed by atoms with van der Waals surface area (Å²) in [5.74, 6) is 0.608. The van der Waals surface area contributed by atoms with E-state index in [0.29, 0.717) is 23.8 Å². The zero-order chi connectivity index (χ0) is 22.8. The van der Waals surface area contributed by atoms with Crippen LogP contribution in [0.3, 0.4) is 0 Å². The molecule has 3 aromatic carbocycles. The highest BCUT2D eigenvalue weighted by molar-refractivity contribution is 5.71. The molecule has 3 N–H and O–H groups in total. The number of rotatable bonds is 5. The van der Waals surface area contributed by atoms with Gasteiger partial charge in [-0.1, -0.05) is 78.4 Å². The number of nitrogens with zero attached hydrogens (tertiary/aromatic N) is 2. The van der Waals surface area contributed by atoms with E-state index >= 15 is 0 Å². The summed E-state index contributed by atoms with van der Waals surface area (Å²) in [6.45, 7) is 2.46. The molecule has 0 saturated heterocycles. The van der Waals surface area contributed by atoms with Crippen molar-refractivity contribution in [2.24, 2.45) is 5.73 Å². The largest absolute Gasteiger partial charge is 0.489 e. The third kappa shape index (κ3) is 3.81. The van der Waals surface area contributed by atoms with E-state index in [9.17, 15) is 5.26 Å². The highest BCUT2D eigenvalue weighted by Gasteiger charge is 2.37. The maximum atomic E-state index is 10.0. The van der Waals surface area contributed by atoms with E-state index in [1.165, 1.54) is 5.56 Å². The lowest BCUT2D eigenvalue weighted by atomic mass is 9.82. The number of aryl methyl sites for hydroxylation is 1. The first kappa shape index (κ1) is 20.4. The number of ether oxygens (including phenoxy) is 2. The van der Waals surface area contributed by atoms with Crippen molar-refractivity contribution in [3.05, 3.63) is 113 Å². The molecule has 1 aliphatic rings. The van der Waals surface area contributed by atoms with Crippen molar-refractivity contribution in [2.45, 2.75) is 19.4 Å². The zero-order valence-electron chi connectivity index (χ0n) is 18.1. The van der Waals surface area contributed by atoms with Crippen molar-refractivity contribution in [1.29, 1.82) is 5.26 Å². The molecule has 6 nitrogen and oxygen atoms in total. The highest BCUT2D eigenvalue weighted by atomic mass is 16.5. The van der Waals surface area contributed by atoms with Crippen LogP contribution in [0.25, 0.3) is 11.3 Å². The molecule has 5 rings (SSSR count). The Hall–Kier alpha value is -4.50. The van der Waals surface area contributed by atoms with Crippen molar-refractivity contribution in [1.82, 2.24) is 10.2 Å². The molecule has 0 radical (unpaired) electrons. The maximum Gasteiger partial charge on any atom is 0.244 e. The number of nitriles is 1. The molecule has 6 heteroatoms. The van der Waals surface area contributed by atoms with Gasteiger partial charge in [0.25, 0.3) is 0 Å². The second-order valence-electron chi connectivity index (χ2n) is 7.92. The Kier molecular flexibility index (Phi) is 5.29. The lowest BCUT2D eigenvalue weighted by Gasteiger charge is -2.25. The molecule has 33 heavy (non-hydrogen) atoms. The van der Waals surface area contributed by atoms with Gasteiger partial charge in [-0.05, 0) is 24.1 Å². The first-order valence-corrected chi connectivity index (χ1v) is 10.6. The molecular formula is C27H22N4O2. The number of para-hydroxylation sites is 1. The number of aromatic amines is 1. The number of aromatic nitrogens is 2. The Labute approximate surface area is 191 Å². The van der Waals surface area contributed by atoms with E-state index < -0.39 is 5.92 Å². The fourth-order valence-corrected chi connectivity index (χ4v) is 4.08. The van der Waals surface area contributed by atoms with Crippen LogP contribution in [-0.4, -0.2) is 10.2 Å². The molecule has 1 atom stereocenters. The van der Waals surface area contributed by atoms with Gasteiger partial charge in [0.05, 0.1) is 17.2 Å².